The summed E-state index contributed by atoms with van der Waals surface area (Å²) in [7, 11) is -0.684. The zero-order valence-corrected chi connectivity index (χ0v) is 21.9. The van der Waals surface area contributed by atoms with Crippen molar-refractivity contribution in [1.29, 1.82) is 0 Å². The van der Waals surface area contributed by atoms with Gasteiger partial charge in [0.05, 0.1) is 5.66 Å². The van der Waals surface area contributed by atoms with E-state index in [0.717, 1.165) is 17.2 Å². The van der Waals surface area contributed by atoms with Gasteiger partial charge in [0.15, 0.2) is 5.60 Å². The molecule has 3 atom stereocenters. The van der Waals surface area contributed by atoms with Crippen molar-refractivity contribution in [1.82, 2.24) is 0 Å². The number of aryl methyl sites for hydroxylation is 2. The molecule has 0 saturated carbocycles. The zero-order valence-electron chi connectivity index (χ0n) is 20.2. The molecule has 2 aromatic rings. The Bertz CT molecular complexity index is 972. The minimum absolute atomic E-state index is 0. The number of fused-ring (bicyclic) bond motifs is 4. The van der Waals surface area contributed by atoms with Crippen LogP contribution in [0.4, 0.5) is 0 Å². The lowest BCUT2D eigenvalue weighted by atomic mass is 9.78. The molecule has 0 radical (unpaired) electrons. The van der Waals surface area contributed by atoms with Gasteiger partial charge < -0.3 is 12.4 Å². The average molecular weight is 462 g/mol. The lowest BCUT2D eigenvalue weighted by Gasteiger charge is -2.43. The van der Waals surface area contributed by atoms with Gasteiger partial charge in [-0.1, -0.05) is 69.0 Å². The SMILES string of the molecule is CCCCC(C)(C)c1cc(C)cc2c1O[NH+]1OC(C)(C)c3ccc(C)cc3P1C2C.[Cl-]. The van der Waals surface area contributed by atoms with Crippen LogP contribution in [0.25, 0.3) is 0 Å². The van der Waals surface area contributed by atoms with Crippen molar-refractivity contribution in [2.75, 3.05) is 0 Å². The van der Waals surface area contributed by atoms with Crippen LogP contribution >= 0.6 is 8.07 Å². The number of nitrogens with one attached hydrogen (secondary N) is 1. The quantitative estimate of drug-likeness (QED) is 0.707. The van der Waals surface area contributed by atoms with Crippen molar-refractivity contribution in [3.05, 3.63) is 58.1 Å². The van der Waals surface area contributed by atoms with E-state index in [1.807, 2.05) is 0 Å². The van der Waals surface area contributed by atoms with Gasteiger partial charge in [-0.15, -0.1) is 4.84 Å². The third-order valence-corrected chi connectivity index (χ3v) is 9.29. The van der Waals surface area contributed by atoms with Gasteiger partial charge in [-0.3, -0.25) is 4.84 Å². The summed E-state index contributed by atoms with van der Waals surface area (Å²) in [6.45, 7) is 18.1. The standard InChI is InChI=1S/C26H36NO2P.ClH/c1-9-10-13-25(5,6)22-15-18(3)14-20-19(4)30-23-16-17(2)11-12-21(23)26(7,8)29-27(30)28-24(20)22;/h11-12,14-16,19H,9-10,13H2,1-8H3;1H. The second-order valence-electron chi connectivity index (χ2n) is 10.3. The summed E-state index contributed by atoms with van der Waals surface area (Å²) in [5, 5.41) is 1.42. The number of halogens is 1. The van der Waals surface area contributed by atoms with Crippen molar-refractivity contribution in [3.8, 4) is 5.75 Å². The Morgan fingerprint density at radius 3 is 2.48 bits per heavy atom. The van der Waals surface area contributed by atoms with Crippen LogP contribution in [0, 0.1) is 13.8 Å². The van der Waals surface area contributed by atoms with Gasteiger partial charge in [0.1, 0.15) is 0 Å². The number of unbranched alkanes of at least 4 members (excludes halogenated alkanes) is 1. The number of benzene rings is 2. The van der Waals surface area contributed by atoms with Crippen LogP contribution in [0.2, 0.25) is 0 Å². The van der Waals surface area contributed by atoms with Crippen LogP contribution in [0.1, 0.15) is 94.3 Å². The maximum Gasteiger partial charge on any atom is 0.221 e. The highest BCUT2D eigenvalue weighted by molar-refractivity contribution is 7.59. The summed E-state index contributed by atoms with van der Waals surface area (Å²) in [5.74, 6) is 1.05. The van der Waals surface area contributed by atoms with Crippen molar-refractivity contribution in [2.45, 2.75) is 91.3 Å². The van der Waals surface area contributed by atoms with E-state index in [2.05, 4.69) is 85.7 Å². The third kappa shape index (κ3) is 4.27. The van der Waals surface area contributed by atoms with Gasteiger partial charge in [-0.25, -0.2) is 0 Å². The highest BCUT2D eigenvalue weighted by Crippen LogP contribution is 2.55. The fraction of sp³-hybridized carbons (Fsp3) is 0.538. The van der Waals surface area contributed by atoms with E-state index in [4.69, 9.17) is 9.68 Å². The number of rotatable bonds is 4. The first-order valence-electron chi connectivity index (χ1n) is 11.3. The molecule has 0 aromatic heterocycles. The summed E-state index contributed by atoms with van der Waals surface area (Å²) >= 11 is 0. The zero-order chi connectivity index (χ0) is 21.8. The van der Waals surface area contributed by atoms with Crippen LogP contribution in [-0.2, 0) is 15.9 Å². The molecule has 0 saturated heterocycles. The number of hydrogen-bond donors (Lipinski definition) is 1. The van der Waals surface area contributed by atoms with E-state index in [-0.39, 0.29) is 23.4 Å². The van der Waals surface area contributed by atoms with Gasteiger partial charge in [0.25, 0.3) is 0 Å². The topological polar surface area (TPSA) is 22.9 Å². The molecule has 5 heteroatoms. The van der Waals surface area contributed by atoms with Crippen molar-refractivity contribution in [3.63, 3.8) is 0 Å². The Balaban J connectivity index is 0.00000272. The molecule has 0 fully saturated rings. The molecule has 4 rings (SSSR count). The Morgan fingerprint density at radius 1 is 1.10 bits per heavy atom. The van der Waals surface area contributed by atoms with Crippen LogP contribution in [0.5, 0.6) is 5.75 Å². The molecule has 0 spiro atoms. The summed E-state index contributed by atoms with van der Waals surface area (Å²) < 4.78 is 0. The van der Waals surface area contributed by atoms with E-state index in [1.54, 1.807) is 0 Å². The number of quaternary nitrogens is 1. The van der Waals surface area contributed by atoms with Crippen LogP contribution in [0.3, 0.4) is 0 Å². The second-order valence-corrected chi connectivity index (χ2v) is 12.6. The molecule has 0 aliphatic carbocycles. The highest BCUT2D eigenvalue weighted by atomic mass is 35.5. The normalized spacial score (nSPS) is 23.7. The molecular weight excluding hydrogens is 425 g/mol. The van der Waals surface area contributed by atoms with Crippen LogP contribution < -0.4 is 27.5 Å². The van der Waals surface area contributed by atoms with Gasteiger partial charge in [0, 0.05) is 27.0 Å². The van der Waals surface area contributed by atoms with Crippen molar-refractivity contribution < 1.29 is 27.1 Å². The first kappa shape index (κ1) is 24.5. The van der Waals surface area contributed by atoms with E-state index >= 15 is 0 Å². The highest BCUT2D eigenvalue weighted by Gasteiger charge is 2.52. The van der Waals surface area contributed by atoms with Gasteiger partial charge in [-0.2, -0.15) is 0 Å². The predicted molar refractivity (Wildman–Crippen MR) is 126 cm³/mol. The number of hydrogen-bond acceptors (Lipinski definition) is 2. The molecule has 2 aliphatic heterocycles. The monoisotopic (exact) mass is 461 g/mol. The fourth-order valence-corrected chi connectivity index (χ4v) is 7.78. The van der Waals surface area contributed by atoms with E-state index in [9.17, 15) is 0 Å². The van der Waals surface area contributed by atoms with E-state index in [0.29, 0.717) is 5.66 Å². The molecule has 3 nitrogen and oxygen atoms in total. The van der Waals surface area contributed by atoms with E-state index in [1.165, 1.54) is 46.0 Å². The van der Waals surface area contributed by atoms with Gasteiger partial charge in [-0.05, 0) is 52.5 Å². The van der Waals surface area contributed by atoms with Gasteiger partial charge >= 0.3 is 0 Å². The lowest BCUT2D eigenvalue weighted by molar-refractivity contribution is -1.14. The maximum atomic E-state index is 6.71. The molecule has 1 N–H and O–H groups in total. The summed E-state index contributed by atoms with van der Waals surface area (Å²) in [5.41, 5.74) is 6.68. The summed E-state index contributed by atoms with van der Waals surface area (Å²) in [4.78, 5) is 14.1. The largest absolute Gasteiger partial charge is 1.00 e. The fourth-order valence-electron chi connectivity index (χ4n) is 4.92. The first-order chi connectivity index (χ1) is 14.0. The van der Waals surface area contributed by atoms with Crippen LogP contribution in [-0.4, -0.2) is 0 Å². The minimum Gasteiger partial charge on any atom is -1.00 e. The average Bonchev–Trinajstić information content (AvgIpc) is 2.65. The summed E-state index contributed by atoms with van der Waals surface area (Å²) in [6, 6.07) is 11.5. The molecule has 3 unspecified atom stereocenters. The maximum absolute atomic E-state index is 6.71. The Hall–Kier alpha value is -1.12. The molecule has 2 aliphatic rings. The second kappa shape index (κ2) is 8.67. The molecular formula is C26H37ClNO2P. The minimum atomic E-state index is -0.684. The molecule has 31 heavy (non-hydrogen) atoms. The molecule has 170 valence electrons. The molecule has 2 heterocycles. The lowest BCUT2D eigenvalue weighted by Crippen LogP contribution is -3.11. The van der Waals surface area contributed by atoms with Crippen molar-refractivity contribution in [2.24, 2.45) is 0 Å². The van der Waals surface area contributed by atoms with E-state index < -0.39 is 8.07 Å². The predicted octanol–water partition coefficient (Wildman–Crippen LogP) is 2.93. The Labute approximate surface area is 195 Å². The molecule has 2 aromatic carbocycles. The Kier molecular flexibility index (Phi) is 6.86. The third-order valence-electron chi connectivity index (χ3n) is 6.77. The molecule has 0 bridgehead atoms. The molecule has 0 amide bonds. The first-order valence-corrected chi connectivity index (χ1v) is 12.8. The van der Waals surface area contributed by atoms with Crippen molar-refractivity contribution >= 4 is 13.4 Å². The smallest absolute Gasteiger partial charge is 0.221 e. The Morgan fingerprint density at radius 2 is 1.81 bits per heavy atom. The van der Waals surface area contributed by atoms with Crippen LogP contribution in [0.15, 0.2) is 30.3 Å². The summed E-state index contributed by atoms with van der Waals surface area (Å²) in [6.07, 6.45) is 3.60. The van der Waals surface area contributed by atoms with Gasteiger partial charge in [0.2, 0.25) is 13.8 Å².